The van der Waals surface area contributed by atoms with Gasteiger partial charge in [0.15, 0.2) is 5.96 Å². The second-order valence-electron chi connectivity index (χ2n) is 7.85. The second-order valence-corrected chi connectivity index (χ2v) is 7.85. The third kappa shape index (κ3) is 9.39. The number of likely N-dealkylation sites (N-methyl/N-ethyl adjacent to an activating group) is 1. The Morgan fingerprint density at radius 2 is 1.80 bits per heavy atom. The van der Waals surface area contributed by atoms with E-state index in [0.29, 0.717) is 6.54 Å². The van der Waals surface area contributed by atoms with Crippen LogP contribution in [0.4, 0.5) is 0 Å². The molecule has 0 saturated carbocycles. The van der Waals surface area contributed by atoms with Gasteiger partial charge in [-0.2, -0.15) is 0 Å². The number of nitrogens with zero attached hydrogens (tertiary/aromatic N) is 3. The molecule has 172 valence electrons. The van der Waals surface area contributed by atoms with E-state index in [9.17, 15) is 0 Å². The maximum absolute atomic E-state index is 6.13. The fraction of sp³-hybridized carbons (Fsp3) is 0.696. The van der Waals surface area contributed by atoms with Crippen LogP contribution in [0.15, 0.2) is 23.2 Å². The molecule has 6 nitrogen and oxygen atoms in total. The van der Waals surface area contributed by atoms with E-state index in [1.54, 1.807) is 0 Å². The molecule has 1 aliphatic heterocycles. The van der Waals surface area contributed by atoms with Crippen molar-refractivity contribution in [3.8, 4) is 5.75 Å². The van der Waals surface area contributed by atoms with E-state index in [1.807, 2.05) is 0 Å². The van der Waals surface area contributed by atoms with Crippen molar-refractivity contribution in [1.29, 1.82) is 0 Å². The van der Waals surface area contributed by atoms with Crippen molar-refractivity contribution in [1.82, 2.24) is 20.4 Å². The minimum absolute atomic E-state index is 0. The highest BCUT2D eigenvalue weighted by atomic mass is 127. The van der Waals surface area contributed by atoms with E-state index in [1.165, 1.54) is 18.7 Å². The largest absolute Gasteiger partial charge is 0.490 e. The Balaban J connectivity index is 0.00000450. The van der Waals surface area contributed by atoms with E-state index in [2.05, 4.69) is 73.3 Å². The molecule has 0 aliphatic carbocycles. The van der Waals surface area contributed by atoms with Crippen LogP contribution < -0.4 is 15.4 Å². The lowest BCUT2D eigenvalue weighted by molar-refractivity contribution is 0.139. The Labute approximate surface area is 200 Å². The zero-order chi connectivity index (χ0) is 21.1. The van der Waals surface area contributed by atoms with E-state index < -0.39 is 0 Å². The first-order valence-electron chi connectivity index (χ1n) is 11.3. The maximum Gasteiger partial charge on any atom is 0.191 e. The Hall–Kier alpha value is -1.06. The van der Waals surface area contributed by atoms with Gasteiger partial charge in [0.1, 0.15) is 5.75 Å². The quantitative estimate of drug-likeness (QED) is 0.275. The van der Waals surface area contributed by atoms with Crippen molar-refractivity contribution in [3.05, 3.63) is 29.3 Å². The molecule has 0 aromatic heterocycles. The van der Waals surface area contributed by atoms with Crippen LogP contribution in [-0.2, 0) is 6.54 Å². The summed E-state index contributed by atoms with van der Waals surface area (Å²) in [7, 11) is 0. The lowest BCUT2D eigenvalue weighted by Crippen LogP contribution is -2.49. The zero-order valence-electron chi connectivity index (χ0n) is 19.5. The number of benzene rings is 1. The summed E-state index contributed by atoms with van der Waals surface area (Å²) in [5.74, 6) is 1.82. The van der Waals surface area contributed by atoms with E-state index in [4.69, 9.17) is 9.73 Å². The van der Waals surface area contributed by atoms with Gasteiger partial charge in [-0.15, -0.1) is 24.0 Å². The predicted molar refractivity (Wildman–Crippen MR) is 138 cm³/mol. The molecule has 1 unspecified atom stereocenters. The van der Waals surface area contributed by atoms with Crippen LogP contribution in [0.2, 0.25) is 0 Å². The fourth-order valence-corrected chi connectivity index (χ4v) is 3.37. The smallest absolute Gasteiger partial charge is 0.191 e. The Bertz CT molecular complexity index is 632. The molecule has 1 aromatic rings. The first-order chi connectivity index (χ1) is 14.0. The van der Waals surface area contributed by atoms with Crippen molar-refractivity contribution < 1.29 is 4.74 Å². The van der Waals surface area contributed by atoms with Crippen molar-refractivity contribution >= 4 is 29.9 Å². The Morgan fingerprint density at radius 3 is 2.43 bits per heavy atom. The number of hydrogen-bond donors (Lipinski definition) is 2. The van der Waals surface area contributed by atoms with Gasteiger partial charge in [-0.3, -0.25) is 4.90 Å². The summed E-state index contributed by atoms with van der Waals surface area (Å²) < 4.78 is 6.13. The molecular formula is C23H42IN5O. The van der Waals surface area contributed by atoms with Gasteiger partial charge in [0.25, 0.3) is 0 Å². The number of guanidine groups is 1. The average Bonchev–Trinajstić information content (AvgIpc) is 2.73. The number of piperazine rings is 1. The van der Waals surface area contributed by atoms with Gasteiger partial charge in [-0.25, -0.2) is 4.99 Å². The molecule has 1 atom stereocenters. The standard InChI is InChI=1S/C23H41N5O.HI/c1-6-20(5)29-22-17-19(4)9-10-21(22)18-26-23(24-7-2)25-11-12-28-15-13-27(8-3)14-16-28;/h9-10,17,20H,6-8,11-16,18H2,1-5H3,(H2,24,25,26);1H. The van der Waals surface area contributed by atoms with Gasteiger partial charge in [-0.05, 0) is 45.4 Å². The second kappa shape index (κ2) is 14.9. The average molecular weight is 532 g/mol. The highest BCUT2D eigenvalue weighted by Gasteiger charge is 2.15. The van der Waals surface area contributed by atoms with E-state index >= 15 is 0 Å². The highest BCUT2D eigenvalue weighted by molar-refractivity contribution is 14.0. The van der Waals surface area contributed by atoms with Crippen molar-refractivity contribution in [3.63, 3.8) is 0 Å². The van der Waals surface area contributed by atoms with Gasteiger partial charge in [-0.1, -0.05) is 26.0 Å². The highest BCUT2D eigenvalue weighted by Crippen LogP contribution is 2.23. The maximum atomic E-state index is 6.13. The molecule has 1 aliphatic rings. The van der Waals surface area contributed by atoms with Crippen LogP contribution in [0.5, 0.6) is 5.75 Å². The molecule has 30 heavy (non-hydrogen) atoms. The molecule has 0 spiro atoms. The number of halogens is 1. The first-order valence-corrected chi connectivity index (χ1v) is 11.3. The summed E-state index contributed by atoms with van der Waals surface area (Å²) in [4.78, 5) is 9.84. The van der Waals surface area contributed by atoms with Crippen LogP contribution in [0.3, 0.4) is 0 Å². The predicted octanol–water partition coefficient (Wildman–Crippen LogP) is 3.48. The van der Waals surface area contributed by atoms with Crippen LogP contribution in [0.25, 0.3) is 0 Å². The number of nitrogens with one attached hydrogen (secondary N) is 2. The zero-order valence-corrected chi connectivity index (χ0v) is 21.9. The number of hydrogen-bond acceptors (Lipinski definition) is 4. The summed E-state index contributed by atoms with van der Waals surface area (Å²) in [6.45, 7) is 19.9. The summed E-state index contributed by atoms with van der Waals surface area (Å²) in [5, 5.41) is 6.85. The van der Waals surface area contributed by atoms with Crippen LogP contribution in [-0.4, -0.2) is 74.2 Å². The van der Waals surface area contributed by atoms with Crippen molar-refractivity contribution in [2.45, 2.75) is 53.7 Å². The van der Waals surface area contributed by atoms with Crippen LogP contribution >= 0.6 is 24.0 Å². The third-order valence-corrected chi connectivity index (χ3v) is 5.51. The molecule has 1 aromatic carbocycles. The monoisotopic (exact) mass is 531 g/mol. The fourth-order valence-electron chi connectivity index (χ4n) is 3.37. The molecule has 1 fully saturated rings. The van der Waals surface area contributed by atoms with Gasteiger partial charge in [0.05, 0.1) is 12.6 Å². The number of rotatable bonds is 10. The van der Waals surface area contributed by atoms with Crippen molar-refractivity contribution in [2.24, 2.45) is 4.99 Å². The molecule has 0 amide bonds. The van der Waals surface area contributed by atoms with Crippen molar-refractivity contribution in [2.75, 3.05) is 52.4 Å². The van der Waals surface area contributed by atoms with E-state index in [-0.39, 0.29) is 30.1 Å². The summed E-state index contributed by atoms with van der Waals surface area (Å²) in [6.07, 6.45) is 1.20. The van der Waals surface area contributed by atoms with Crippen LogP contribution in [0.1, 0.15) is 45.2 Å². The lowest BCUT2D eigenvalue weighted by atomic mass is 10.1. The summed E-state index contributed by atoms with van der Waals surface area (Å²) in [5.41, 5.74) is 2.34. The molecule has 1 heterocycles. The normalized spacial score (nSPS) is 16.6. The topological polar surface area (TPSA) is 52.1 Å². The molecule has 0 radical (unpaired) electrons. The van der Waals surface area contributed by atoms with Gasteiger partial charge in [0.2, 0.25) is 0 Å². The molecule has 1 saturated heterocycles. The lowest BCUT2D eigenvalue weighted by Gasteiger charge is -2.34. The number of aliphatic imine (C=N–C) groups is 1. The SMILES string of the molecule is CCNC(=NCc1ccc(C)cc1OC(C)CC)NCCN1CCN(CC)CC1.I. The minimum Gasteiger partial charge on any atom is -0.490 e. The molecule has 2 rings (SSSR count). The summed E-state index contributed by atoms with van der Waals surface area (Å²) >= 11 is 0. The van der Waals surface area contributed by atoms with Gasteiger partial charge >= 0.3 is 0 Å². The Kier molecular flexibility index (Phi) is 13.4. The Morgan fingerprint density at radius 1 is 1.10 bits per heavy atom. The molecule has 7 heteroatoms. The number of aryl methyl sites for hydroxylation is 1. The molecule has 2 N–H and O–H groups in total. The molecule has 0 bridgehead atoms. The van der Waals surface area contributed by atoms with Gasteiger partial charge < -0.3 is 20.3 Å². The third-order valence-electron chi connectivity index (χ3n) is 5.51. The first kappa shape index (κ1) is 27.0. The van der Waals surface area contributed by atoms with Gasteiger partial charge in [0, 0.05) is 51.4 Å². The minimum atomic E-state index is 0. The number of ether oxygens (including phenoxy) is 1. The molecular weight excluding hydrogens is 489 g/mol. The summed E-state index contributed by atoms with van der Waals surface area (Å²) in [6, 6.07) is 6.38. The van der Waals surface area contributed by atoms with E-state index in [0.717, 1.165) is 63.0 Å². The van der Waals surface area contributed by atoms with Crippen LogP contribution in [0, 0.1) is 6.92 Å².